The molecular formula is C11H8Br3N3O. The van der Waals surface area contributed by atoms with Crippen molar-refractivity contribution in [3.8, 4) is 11.6 Å². The highest BCUT2D eigenvalue weighted by molar-refractivity contribution is 9.11. The van der Waals surface area contributed by atoms with Crippen LogP contribution < -0.4 is 10.1 Å². The molecule has 0 fully saturated rings. The van der Waals surface area contributed by atoms with Gasteiger partial charge in [0.25, 0.3) is 0 Å². The van der Waals surface area contributed by atoms with Gasteiger partial charge in [-0.15, -0.1) is 0 Å². The Bertz CT molecular complexity index is 577. The van der Waals surface area contributed by atoms with Crippen LogP contribution in [0, 0.1) is 0 Å². The minimum absolute atomic E-state index is 0.456. The molecule has 0 radical (unpaired) electrons. The van der Waals surface area contributed by atoms with E-state index < -0.39 is 0 Å². The molecule has 0 saturated carbocycles. The Labute approximate surface area is 130 Å². The molecule has 18 heavy (non-hydrogen) atoms. The number of nitrogens with one attached hydrogen (secondary N) is 1. The first-order valence-corrected chi connectivity index (χ1v) is 7.31. The van der Waals surface area contributed by atoms with E-state index in [0.717, 1.165) is 8.95 Å². The Kier molecular flexibility index (Phi) is 4.58. The summed E-state index contributed by atoms with van der Waals surface area (Å²) in [5, 5.41) is 2.95. The molecule has 1 heterocycles. The first-order valence-electron chi connectivity index (χ1n) is 4.93. The smallest absolute Gasteiger partial charge is 0.238 e. The largest absolute Gasteiger partial charge is 0.436 e. The van der Waals surface area contributed by atoms with Gasteiger partial charge in [-0.25, -0.2) is 9.97 Å². The number of nitrogens with zero attached hydrogens (tertiary/aromatic N) is 2. The molecule has 1 aromatic carbocycles. The number of benzene rings is 1. The Hall–Kier alpha value is -0.660. The summed E-state index contributed by atoms with van der Waals surface area (Å²) in [6.07, 6.45) is 1.44. The number of anilines is 1. The lowest BCUT2D eigenvalue weighted by Crippen LogP contribution is -1.97. The summed E-state index contributed by atoms with van der Waals surface area (Å²) in [5.41, 5.74) is 0. The first-order chi connectivity index (χ1) is 8.61. The maximum absolute atomic E-state index is 5.73. The van der Waals surface area contributed by atoms with Crippen molar-refractivity contribution in [3.63, 3.8) is 0 Å². The summed E-state index contributed by atoms with van der Waals surface area (Å²) in [4.78, 5) is 8.16. The maximum Gasteiger partial charge on any atom is 0.238 e. The SMILES string of the molecule is CNc1ncnc(Oc2ccc(Br)cc2Br)c1Br. The minimum atomic E-state index is 0.456. The highest BCUT2D eigenvalue weighted by Gasteiger charge is 2.11. The molecule has 94 valence electrons. The zero-order chi connectivity index (χ0) is 13.1. The third-order valence-corrected chi connectivity index (χ3v) is 3.92. The van der Waals surface area contributed by atoms with Gasteiger partial charge in [-0.3, -0.25) is 0 Å². The molecule has 0 aliphatic rings. The Morgan fingerprint density at radius 3 is 2.61 bits per heavy atom. The van der Waals surface area contributed by atoms with Crippen molar-refractivity contribution in [2.45, 2.75) is 0 Å². The molecule has 2 aromatic rings. The molecule has 1 N–H and O–H groups in total. The highest BCUT2D eigenvalue weighted by Crippen LogP contribution is 2.35. The fourth-order valence-electron chi connectivity index (χ4n) is 1.26. The van der Waals surface area contributed by atoms with Crippen LogP contribution >= 0.6 is 47.8 Å². The van der Waals surface area contributed by atoms with Crippen molar-refractivity contribution in [2.24, 2.45) is 0 Å². The zero-order valence-electron chi connectivity index (χ0n) is 9.25. The lowest BCUT2D eigenvalue weighted by atomic mass is 10.3. The van der Waals surface area contributed by atoms with E-state index in [4.69, 9.17) is 4.74 Å². The molecule has 0 saturated heterocycles. The zero-order valence-corrected chi connectivity index (χ0v) is 14.0. The van der Waals surface area contributed by atoms with E-state index in [1.165, 1.54) is 6.33 Å². The topological polar surface area (TPSA) is 47.0 Å². The quantitative estimate of drug-likeness (QED) is 0.762. The lowest BCUT2D eigenvalue weighted by molar-refractivity contribution is 0.455. The van der Waals surface area contributed by atoms with Crippen molar-refractivity contribution in [1.29, 1.82) is 0 Å². The van der Waals surface area contributed by atoms with Crippen LogP contribution in [-0.4, -0.2) is 17.0 Å². The molecule has 0 spiro atoms. The van der Waals surface area contributed by atoms with Crippen LogP contribution in [0.25, 0.3) is 0 Å². The lowest BCUT2D eigenvalue weighted by Gasteiger charge is -2.10. The van der Waals surface area contributed by atoms with Gasteiger partial charge in [-0.05, 0) is 50.1 Å². The monoisotopic (exact) mass is 435 g/mol. The number of ether oxygens (including phenoxy) is 1. The fraction of sp³-hybridized carbons (Fsp3) is 0.0909. The van der Waals surface area contributed by atoms with E-state index in [1.807, 2.05) is 18.2 Å². The molecule has 0 amide bonds. The van der Waals surface area contributed by atoms with Crippen molar-refractivity contribution in [1.82, 2.24) is 9.97 Å². The predicted molar refractivity (Wildman–Crippen MR) is 81.2 cm³/mol. The van der Waals surface area contributed by atoms with Gasteiger partial charge in [0.15, 0.2) is 0 Å². The van der Waals surface area contributed by atoms with Crippen LogP contribution in [0.3, 0.4) is 0 Å². The van der Waals surface area contributed by atoms with Gasteiger partial charge in [0.2, 0.25) is 5.88 Å². The summed E-state index contributed by atoms with van der Waals surface area (Å²) in [7, 11) is 1.78. The number of halogens is 3. The average Bonchev–Trinajstić information content (AvgIpc) is 2.35. The standard InChI is InChI=1S/C11H8Br3N3O/c1-15-10-9(14)11(17-5-16-10)18-8-3-2-6(12)4-7(8)13/h2-5H,1H3,(H,15,16,17). The summed E-state index contributed by atoms with van der Waals surface area (Å²) < 4.78 is 8.23. The molecule has 2 rings (SSSR count). The third kappa shape index (κ3) is 3.02. The van der Waals surface area contributed by atoms with Crippen molar-refractivity contribution in [2.75, 3.05) is 12.4 Å². The summed E-state index contributed by atoms with van der Waals surface area (Å²) >= 11 is 10.2. The maximum atomic E-state index is 5.73. The molecule has 7 heteroatoms. The van der Waals surface area contributed by atoms with Gasteiger partial charge < -0.3 is 10.1 Å². The molecule has 0 aliphatic carbocycles. The van der Waals surface area contributed by atoms with Crippen molar-refractivity contribution >= 4 is 53.6 Å². The third-order valence-electron chi connectivity index (χ3n) is 2.09. The summed E-state index contributed by atoms with van der Waals surface area (Å²) in [6, 6.07) is 5.65. The van der Waals surface area contributed by atoms with Crippen LogP contribution in [0.5, 0.6) is 11.6 Å². The Morgan fingerprint density at radius 1 is 1.17 bits per heavy atom. The van der Waals surface area contributed by atoms with Gasteiger partial charge in [0.05, 0.1) is 4.47 Å². The molecule has 0 atom stereocenters. The van der Waals surface area contributed by atoms with E-state index in [-0.39, 0.29) is 0 Å². The minimum Gasteiger partial charge on any atom is -0.436 e. The predicted octanol–water partition coefficient (Wildman–Crippen LogP) is 4.60. The van der Waals surface area contributed by atoms with E-state index in [9.17, 15) is 0 Å². The molecule has 1 aromatic heterocycles. The number of hydrogen-bond acceptors (Lipinski definition) is 4. The normalized spacial score (nSPS) is 10.2. The van der Waals surface area contributed by atoms with Gasteiger partial charge in [-0.2, -0.15) is 0 Å². The second-order valence-electron chi connectivity index (χ2n) is 3.27. The van der Waals surface area contributed by atoms with Crippen LogP contribution in [0.1, 0.15) is 0 Å². The molecule has 4 nitrogen and oxygen atoms in total. The molecule has 0 unspecified atom stereocenters. The van der Waals surface area contributed by atoms with E-state index >= 15 is 0 Å². The fourth-order valence-corrected chi connectivity index (χ4v) is 2.87. The van der Waals surface area contributed by atoms with Crippen molar-refractivity contribution < 1.29 is 4.74 Å². The number of rotatable bonds is 3. The van der Waals surface area contributed by atoms with E-state index in [0.29, 0.717) is 21.9 Å². The van der Waals surface area contributed by atoms with Crippen molar-refractivity contribution in [3.05, 3.63) is 37.9 Å². The first kappa shape index (κ1) is 13.8. The van der Waals surface area contributed by atoms with Crippen LogP contribution in [0.4, 0.5) is 5.82 Å². The molecular weight excluding hydrogens is 430 g/mol. The van der Waals surface area contributed by atoms with E-state index in [2.05, 4.69) is 63.1 Å². The van der Waals surface area contributed by atoms with Gasteiger partial charge in [0.1, 0.15) is 22.4 Å². The average molecular weight is 438 g/mol. The van der Waals surface area contributed by atoms with E-state index in [1.54, 1.807) is 7.05 Å². The Balaban J connectivity index is 2.34. The summed E-state index contributed by atoms with van der Waals surface area (Å²) in [5.74, 6) is 1.81. The second kappa shape index (κ2) is 5.99. The Morgan fingerprint density at radius 2 is 1.94 bits per heavy atom. The molecule has 0 aliphatic heterocycles. The highest BCUT2D eigenvalue weighted by atomic mass is 79.9. The molecule has 0 bridgehead atoms. The van der Waals surface area contributed by atoms with Gasteiger partial charge in [0, 0.05) is 11.5 Å². The van der Waals surface area contributed by atoms with Crippen LogP contribution in [0.15, 0.2) is 37.9 Å². The number of aromatic nitrogens is 2. The number of hydrogen-bond donors (Lipinski definition) is 1. The van der Waals surface area contributed by atoms with Gasteiger partial charge >= 0.3 is 0 Å². The van der Waals surface area contributed by atoms with Crippen LogP contribution in [-0.2, 0) is 0 Å². The van der Waals surface area contributed by atoms with Crippen LogP contribution in [0.2, 0.25) is 0 Å². The van der Waals surface area contributed by atoms with Gasteiger partial charge in [-0.1, -0.05) is 15.9 Å². The second-order valence-corrected chi connectivity index (χ2v) is 5.83. The summed E-state index contributed by atoms with van der Waals surface area (Å²) in [6.45, 7) is 0.